The number of benzene rings is 2. The van der Waals surface area contributed by atoms with Crippen LogP contribution in [0.3, 0.4) is 0 Å². The number of halogens is 4. The van der Waals surface area contributed by atoms with E-state index in [2.05, 4.69) is 15.0 Å². The largest absolute Gasteiger partial charge is 0.573 e. The van der Waals surface area contributed by atoms with Crippen molar-refractivity contribution in [1.29, 1.82) is 0 Å². The summed E-state index contributed by atoms with van der Waals surface area (Å²) in [6.07, 6.45) is -5.87. The summed E-state index contributed by atoms with van der Waals surface area (Å²) in [5.41, 5.74) is -1.87. The number of nitrogens with one attached hydrogen (secondary N) is 2. The number of sulfone groups is 1. The Morgan fingerprint density at radius 3 is 2.58 bits per heavy atom. The number of ether oxygens (including phenoxy) is 1. The number of amides is 1. The van der Waals surface area contributed by atoms with Gasteiger partial charge in [-0.05, 0) is 42.3 Å². The van der Waals surface area contributed by atoms with Crippen LogP contribution in [0.1, 0.15) is 24.5 Å². The van der Waals surface area contributed by atoms with Gasteiger partial charge in [0.05, 0.1) is 28.1 Å². The van der Waals surface area contributed by atoms with Gasteiger partial charge in [-0.1, -0.05) is 18.5 Å². The van der Waals surface area contributed by atoms with E-state index in [9.17, 15) is 36.0 Å². The third-order valence-electron chi connectivity index (χ3n) is 6.45. The number of aromatic nitrogens is 2. The number of hydrogen-bond acceptors (Lipinski definition) is 7. The molecule has 0 aliphatic carbocycles. The molecule has 2 heterocycles. The van der Waals surface area contributed by atoms with Crippen molar-refractivity contribution in [3.05, 3.63) is 67.3 Å². The second kappa shape index (κ2) is 11.1. The zero-order valence-corrected chi connectivity index (χ0v) is 22.5. The first kappa shape index (κ1) is 29.4. The van der Waals surface area contributed by atoms with E-state index in [4.69, 9.17) is 16.7 Å². The summed E-state index contributed by atoms with van der Waals surface area (Å²) < 4.78 is 69.8. The highest BCUT2D eigenvalue weighted by molar-refractivity contribution is 7.91. The van der Waals surface area contributed by atoms with Crippen LogP contribution in [-0.4, -0.2) is 65.3 Å². The number of hydrogen-bond donors (Lipinski definition) is 3. The molecule has 3 aromatic rings. The first-order valence-corrected chi connectivity index (χ1v) is 14.0. The van der Waals surface area contributed by atoms with Crippen LogP contribution < -0.4 is 21.3 Å². The third-order valence-corrected chi connectivity index (χ3v) is 8.51. The minimum atomic E-state index is -5.09. The monoisotopic (exact) mass is 604 g/mol. The SMILES string of the molecule is CCS(=O)(=O)c1ccc(Cl)cc1Cn1c(=O)[nH]c2cc(CN3CC[C@@H](NC(=O)O)C3)c(OC(F)(F)F)cc2c1=O. The summed E-state index contributed by atoms with van der Waals surface area (Å²) >= 11 is 6.03. The van der Waals surface area contributed by atoms with Crippen LogP contribution in [0.25, 0.3) is 10.9 Å². The van der Waals surface area contributed by atoms with Gasteiger partial charge in [-0.25, -0.2) is 18.0 Å². The fraction of sp³-hybridized carbons (Fsp3) is 0.375. The van der Waals surface area contributed by atoms with Gasteiger partial charge in [-0.15, -0.1) is 13.2 Å². The topological polar surface area (TPSA) is 151 Å². The van der Waals surface area contributed by atoms with E-state index in [0.29, 0.717) is 17.5 Å². The summed E-state index contributed by atoms with van der Waals surface area (Å²) in [7, 11) is -3.76. The molecule has 1 saturated heterocycles. The summed E-state index contributed by atoms with van der Waals surface area (Å²) in [5, 5.41) is 11.1. The van der Waals surface area contributed by atoms with E-state index in [1.54, 1.807) is 4.90 Å². The van der Waals surface area contributed by atoms with Crippen molar-refractivity contribution in [3.63, 3.8) is 0 Å². The number of fused-ring (bicyclic) bond motifs is 1. The molecule has 0 radical (unpaired) electrons. The minimum Gasteiger partial charge on any atom is -0.465 e. The molecule has 0 spiro atoms. The molecule has 1 aliphatic rings. The predicted molar refractivity (Wildman–Crippen MR) is 139 cm³/mol. The van der Waals surface area contributed by atoms with Gasteiger partial charge in [0.25, 0.3) is 5.56 Å². The van der Waals surface area contributed by atoms with Gasteiger partial charge in [0.15, 0.2) is 9.84 Å². The predicted octanol–water partition coefficient (Wildman–Crippen LogP) is 2.93. The fourth-order valence-electron chi connectivity index (χ4n) is 4.62. The lowest BCUT2D eigenvalue weighted by Crippen LogP contribution is -2.36. The van der Waals surface area contributed by atoms with Crippen LogP contribution in [0, 0.1) is 0 Å². The molecule has 0 unspecified atom stereocenters. The molecule has 1 aliphatic heterocycles. The van der Waals surface area contributed by atoms with E-state index in [-0.39, 0.29) is 50.8 Å². The molecule has 1 atom stereocenters. The van der Waals surface area contributed by atoms with Crippen molar-refractivity contribution in [2.45, 2.75) is 43.7 Å². The van der Waals surface area contributed by atoms with Gasteiger partial charge in [-0.3, -0.25) is 14.3 Å². The maximum Gasteiger partial charge on any atom is 0.573 e. The number of aromatic amines is 1. The van der Waals surface area contributed by atoms with Crippen LogP contribution in [0.4, 0.5) is 18.0 Å². The Bertz CT molecular complexity index is 1690. The van der Waals surface area contributed by atoms with E-state index < -0.39 is 51.9 Å². The van der Waals surface area contributed by atoms with Gasteiger partial charge in [0.2, 0.25) is 0 Å². The number of carbonyl (C=O) groups is 1. The van der Waals surface area contributed by atoms with Crippen LogP contribution in [0.5, 0.6) is 5.75 Å². The zero-order chi connectivity index (χ0) is 29.4. The Morgan fingerprint density at radius 2 is 1.93 bits per heavy atom. The van der Waals surface area contributed by atoms with E-state index in [0.717, 1.165) is 6.07 Å². The Balaban J connectivity index is 1.78. The summed E-state index contributed by atoms with van der Waals surface area (Å²) in [4.78, 5) is 41.2. The van der Waals surface area contributed by atoms with E-state index >= 15 is 0 Å². The van der Waals surface area contributed by atoms with E-state index in [1.165, 1.54) is 31.2 Å². The van der Waals surface area contributed by atoms with Crippen molar-refractivity contribution < 1.29 is 36.2 Å². The fourth-order valence-corrected chi connectivity index (χ4v) is 5.93. The molecule has 1 aromatic heterocycles. The number of alkyl halides is 3. The Labute approximate surface area is 230 Å². The molecule has 1 fully saturated rings. The summed E-state index contributed by atoms with van der Waals surface area (Å²) in [6.45, 7) is 1.45. The van der Waals surface area contributed by atoms with E-state index in [1.807, 2.05) is 0 Å². The Kier molecular flexibility index (Phi) is 8.19. The lowest BCUT2D eigenvalue weighted by Gasteiger charge is -2.20. The van der Waals surface area contributed by atoms with Crippen molar-refractivity contribution in [3.8, 4) is 5.75 Å². The lowest BCUT2D eigenvalue weighted by molar-refractivity contribution is -0.274. The molecule has 0 bridgehead atoms. The molecular weight excluding hydrogens is 581 g/mol. The molecule has 16 heteroatoms. The van der Waals surface area contributed by atoms with Gasteiger partial charge in [-0.2, -0.15) is 0 Å². The molecule has 40 heavy (non-hydrogen) atoms. The van der Waals surface area contributed by atoms with Crippen LogP contribution >= 0.6 is 11.6 Å². The number of rotatable bonds is 8. The van der Waals surface area contributed by atoms with Crippen LogP contribution in [-0.2, 0) is 22.9 Å². The van der Waals surface area contributed by atoms with Crippen molar-refractivity contribution in [2.75, 3.05) is 18.8 Å². The number of nitrogens with zero attached hydrogens (tertiary/aromatic N) is 2. The first-order chi connectivity index (χ1) is 18.7. The smallest absolute Gasteiger partial charge is 0.465 e. The van der Waals surface area contributed by atoms with Gasteiger partial charge in [0, 0.05) is 36.3 Å². The normalized spacial score (nSPS) is 16.4. The zero-order valence-electron chi connectivity index (χ0n) is 20.9. The second-order valence-electron chi connectivity index (χ2n) is 9.20. The third kappa shape index (κ3) is 6.59. The highest BCUT2D eigenvalue weighted by Gasteiger charge is 2.33. The number of carboxylic acid groups (broad SMARTS) is 1. The highest BCUT2D eigenvalue weighted by atomic mass is 35.5. The molecule has 4 rings (SSSR count). The molecular formula is C24H24ClF3N4O7S. The van der Waals surface area contributed by atoms with Crippen LogP contribution in [0.2, 0.25) is 5.02 Å². The van der Waals surface area contributed by atoms with Gasteiger partial charge < -0.3 is 20.1 Å². The summed E-state index contributed by atoms with van der Waals surface area (Å²) in [5.74, 6) is -0.919. The van der Waals surface area contributed by atoms with Gasteiger partial charge in [0.1, 0.15) is 5.75 Å². The molecule has 0 saturated carbocycles. The molecule has 216 valence electrons. The lowest BCUT2D eigenvalue weighted by atomic mass is 10.1. The summed E-state index contributed by atoms with van der Waals surface area (Å²) in [6, 6.07) is 5.57. The molecule has 1 amide bonds. The quantitative estimate of drug-likeness (QED) is 0.355. The molecule has 3 N–H and O–H groups in total. The number of likely N-dealkylation sites (tertiary alicyclic amines) is 1. The van der Waals surface area contributed by atoms with Crippen LogP contribution in [0.15, 0.2) is 44.8 Å². The van der Waals surface area contributed by atoms with Crippen molar-refractivity contribution in [2.24, 2.45) is 0 Å². The second-order valence-corrected chi connectivity index (χ2v) is 11.9. The Hall–Kier alpha value is -3.56. The van der Waals surface area contributed by atoms with Gasteiger partial charge >= 0.3 is 18.1 Å². The number of H-pyrrole nitrogens is 1. The average molecular weight is 605 g/mol. The highest BCUT2D eigenvalue weighted by Crippen LogP contribution is 2.31. The molecule has 11 nitrogen and oxygen atoms in total. The average Bonchev–Trinajstić information content (AvgIpc) is 3.27. The Morgan fingerprint density at radius 1 is 1.20 bits per heavy atom. The maximum absolute atomic E-state index is 13.3. The van der Waals surface area contributed by atoms with Crippen molar-refractivity contribution >= 4 is 38.4 Å². The standard InChI is InChI=1S/C24H24ClF3N4O7S/c1-2-40(37,38)20-4-3-15(25)7-14(20)11-32-21(33)17-9-19(39-24(26,27)28)13(8-18(17)30-22(32)34)10-31-6-5-16(12-31)29-23(35)36/h3-4,7-9,16,29H,2,5-6,10-12H2,1H3,(H,30,34)(H,35,36)/t16-/m1/s1. The van der Waals surface area contributed by atoms with Crippen molar-refractivity contribution in [1.82, 2.24) is 19.8 Å². The first-order valence-electron chi connectivity index (χ1n) is 12.0. The maximum atomic E-state index is 13.3. The minimum absolute atomic E-state index is 0.0137. The molecule has 2 aromatic carbocycles.